The Morgan fingerprint density at radius 3 is 2.70 bits per heavy atom. The maximum atomic E-state index is 14.1. The predicted molar refractivity (Wildman–Crippen MR) is 75.7 cm³/mol. The Bertz CT molecular complexity index is 574. The van der Waals surface area contributed by atoms with Crippen molar-refractivity contribution in [2.45, 2.75) is 25.3 Å². The lowest BCUT2D eigenvalue weighted by atomic mass is 10.1. The summed E-state index contributed by atoms with van der Waals surface area (Å²) in [6.07, 6.45) is 2.07. The molecule has 4 nitrogen and oxygen atoms in total. The van der Waals surface area contributed by atoms with E-state index in [4.69, 9.17) is 0 Å². The minimum Gasteiger partial charge on any atom is -0.344 e. The maximum absolute atomic E-state index is 14.1. The van der Waals surface area contributed by atoms with Gasteiger partial charge in [0.05, 0.1) is 5.69 Å². The van der Waals surface area contributed by atoms with E-state index in [1.54, 1.807) is 12.1 Å². The van der Waals surface area contributed by atoms with Crippen LogP contribution in [0.5, 0.6) is 0 Å². The average Bonchev–Trinajstić information content (AvgIpc) is 3.21. The van der Waals surface area contributed by atoms with E-state index in [2.05, 4.69) is 21.2 Å². The molecule has 1 aliphatic carbocycles. The lowest BCUT2D eigenvalue weighted by Gasteiger charge is -2.24. The molecule has 1 aromatic carbocycles. The fourth-order valence-corrected chi connectivity index (χ4v) is 2.82. The van der Waals surface area contributed by atoms with Crippen LogP contribution in [0.25, 0.3) is 0 Å². The lowest BCUT2D eigenvalue weighted by molar-refractivity contribution is -0.126. The van der Waals surface area contributed by atoms with Crippen LogP contribution >= 0.6 is 15.9 Å². The van der Waals surface area contributed by atoms with Crippen LogP contribution in [-0.2, 0) is 9.59 Å². The first-order chi connectivity index (χ1) is 9.56. The predicted octanol–water partition coefficient (Wildman–Crippen LogP) is 2.22. The number of carbonyl (C=O) groups excluding carboxylic acids is 2. The zero-order valence-corrected chi connectivity index (χ0v) is 12.3. The largest absolute Gasteiger partial charge is 0.344 e. The lowest BCUT2D eigenvalue weighted by Crippen LogP contribution is -2.46. The number of rotatable bonds is 2. The van der Waals surface area contributed by atoms with Crippen LogP contribution in [0.2, 0.25) is 0 Å². The van der Waals surface area contributed by atoms with E-state index in [1.165, 1.54) is 11.0 Å². The quantitative estimate of drug-likeness (QED) is 0.897. The Balaban J connectivity index is 1.93. The van der Waals surface area contributed by atoms with Gasteiger partial charge in [0.25, 0.3) is 0 Å². The molecule has 2 fully saturated rings. The summed E-state index contributed by atoms with van der Waals surface area (Å²) in [5.41, 5.74) is 0.236. The molecule has 1 saturated carbocycles. The number of amides is 2. The fourth-order valence-electron chi connectivity index (χ4n) is 2.49. The molecular formula is C14H14BrFN2O2. The molecule has 0 spiro atoms. The second-order valence-corrected chi connectivity index (χ2v) is 6.13. The highest BCUT2D eigenvalue weighted by atomic mass is 79.9. The van der Waals surface area contributed by atoms with Gasteiger partial charge < -0.3 is 10.2 Å². The molecule has 1 heterocycles. The molecule has 1 atom stereocenters. The summed E-state index contributed by atoms with van der Waals surface area (Å²) >= 11 is 3.20. The molecule has 0 radical (unpaired) electrons. The molecule has 1 aliphatic heterocycles. The molecule has 2 aliphatic rings. The molecule has 1 unspecified atom stereocenters. The number of halogens is 2. The van der Waals surface area contributed by atoms with Crippen molar-refractivity contribution < 1.29 is 14.0 Å². The second-order valence-electron chi connectivity index (χ2n) is 5.22. The van der Waals surface area contributed by atoms with Crippen molar-refractivity contribution in [1.82, 2.24) is 5.32 Å². The molecule has 1 aromatic rings. The molecule has 1 saturated heterocycles. The van der Waals surface area contributed by atoms with E-state index in [1.807, 2.05) is 0 Å². The van der Waals surface area contributed by atoms with E-state index in [9.17, 15) is 14.0 Å². The van der Waals surface area contributed by atoms with E-state index >= 15 is 0 Å². The number of nitrogens with one attached hydrogen (secondary N) is 1. The van der Waals surface area contributed by atoms with Crippen molar-refractivity contribution >= 4 is 33.4 Å². The normalized spacial score (nSPS) is 23.5. The van der Waals surface area contributed by atoms with Gasteiger partial charge in [-0.2, -0.15) is 0 Å². The van der Waals surface area contributed by atoms with Crippen LogP contribution < -0.4 is 10.2 Å². The van der Waals surface area contributed by atoms with E-state index < -0.39 is 11.9 Å². The number of hydrogen-bond acceptors (Lipinski definition) is 2. The summed E-state index contributed by atoms with van der Waals surface area (Å²) in [7, 11) is 0. The molecule has 2 amide bonds. The van der Waals surface area contributed by atoms with E-state index in [0.29, 0.717) is 4.47 Å². The Kier molecular flexibility index (Phi) is 3.50. The van der Waals surface area contributed by atoms with Gasteiger partial charge in [0.2, 0.25) is 11.8 Å². The van der Waals surface area contributed by atoms with Gasteiger partial charge in [-0.1, -0.05) is 15.9 Å². The van der Waals surface area contributed by atoms with E-state index in [-0.39, 0.29) is 36.4 Å². The maximum Gasteiger partial charge on any atom is 0.249 e. The molecule has 0 aromatic heterocycles. The summed E-state index contributed by atoms with van der Waals surface area (Å²) < 4.78 is 14.7. The van der Waals surface area contributed by atoms with Crippen LogP contribution in [0.3, 0.4) is 0 Å². The van der Waals surface area contributed by atoms with Gasteiger partial charge in [-0.05, 0) is 37.0 Å². The van der Waals surface area contributed by atoms with Gasteiger partial charge in [-0.25, -0.2) is 4.39 Å². The molecule has 3 rings (SSSR count). The molecule has 20 heavy (non-hydrogen) atoms. The molecule has 106 valence electrons. The Hall–Kier alpha value is -1.43. The number of nitrogens with zero attached hydrogens (tertiary/aromatic N) is 1. The number of benzene rings is 1. The first kappa shape index (κ1) is 13.5. The van der Waals surface area contributed by atoms with Gasteiger partial charge >= 0.3 is 0 Å². The van der Waals surface area contributed by atoms with Crippen molar-refractivity contribution in [3.8, 4) is 0 Å². The van der Waals surface area contributed by atoms with Gasteiger partial charge in [0, 0.05) is 17.4 Å². The van der Waals surface area contributed by atoms with Crippen molar-refractivity contribution in [2.75, 3.05) is 11.4 Å². The van der Waals surface area contributed by atoms with Crippen LogP contribution in [0.1, 0.15) is 19.3 Å². The summed E-state index contributed by atoms with van der Waals surface area (Å²) in [4.78, 5) is 25.6. The first-order valence-corrected chi connectivity index (χ1v) is 7.41. The second kappa shape index (κ2) is 5.16. The SMILES string of the molecule is O=C1CCN(c2ccc(Br)cc2F)C(=O)C(C2CC2)N1. The smallest absolute Gasteiger partial charge is 0.249 e. The van der Waals surface area contributed by atoms with Crippen molar-refractivity contribution in [1.29, 1.82) is 0 Å². The first-order valence-electron chi connectivity index (χ1n) is 6.62. The Labute approximate surface area is 124 Å². The topological polar surface area (TPSA) is 49.4 Å². The van der Waals surface area contributed by atoms with Crippen LogP contribution in [-0.4, -0.2) is 24.4 Å². The zero-order valence-electron chi connectivity index (χ0n) is 10.7. The number of anilines is 1. The number of carbonyl (C=O) groups is 2. The summed E-state index contributed by atoms with van der Waals surface area (Å²) in [6, 6.07) is 4.08. The zero-order chi connectivity index (χ0) is 14.3. The monoisotopic (exact) mass is 340 g/mol. The van der Waals surface area contributed by atoms with Crippen LogP contribution in [0, 0.1) is 11.7 Å². The summed E-state index contributed by atoms with van der Waals surface area (Å²) in [6.45, 7) is 0.215. The van der Waals surface area contributed by atoms with Crippen LogP contribution in [0.4, 0.5) is 10.1 Å². The third-order valence-corrected chi connectivity index (χ3v) is 4.20. The summed E-state index contributed by atoms with van der Waals surface area (Å²) in [5, 5.41) is 2.76. The third-order valence-electron chi connectivity index (χ3n) is 3.70. The highest BCUT2D eigenvalue weighted by Gasteiger charge is 2.41. The van der Waals surface area contributed by atoms with Crippen LogP contribution in [0.15, 0.2) is 22.7 Å². The summed E-state index contributed by atoms with van der Waals surface area (Å²) in [5.74, 6) is -0.614. The third kappa shape index (κ3) is 2.57. The number of hydrogen-bond donors (Lipinski definition) is 1. The van der Waals surface area contributed by atoms with E-state index in [0.717, 1.165) is 12.8 Å². The average molecular weight is 341 g/mol. The van der Waals surface area contributed by atoms with Crippen molar-refractivity contribution in [3.63, 3.8) is 0 Å². The molecular weight excluding hydrogens is 327 g/mol. The van der Waals surface area contributed by atoms with Gasteiger partial charge in [0.1, 0.15) is 11.9 Å². The molecule has 1 N–H and O–H groups in total. The highest BCUT2D eigenvalue weighted by molar-refractivity contribution is 9.10. The molecule has 6 heteroatoms. The minimum atomic E-state index is -0.506. The van der Waals surface area contributed by atoms with Gasteiger partial charge in [0.15, 0.2) is 0 Å². The van der Waals surface area contributed by atoms with Gasteiger partial charge in [-0.3, -0.25) is 9.59 Å². The molecule has 0 bridgehead atoms. The standard InChI is InChI=1S/C14H14BrFN2O2/c15-9-3-4-11(10(16)7-9)18-6-5-12(19)17-13(14(18)20)8-1-2-8/h3-4,7-8,13H,1-2,5-6H2,(H,17,19). The Morgan fingerprint density at radius 1 is 1.30 bits per heavy atom. The van der Waals surface area contributed by atoms with Crippen molar-refractivity contribution in [3.05, 3.63) is 28.5 Å². The Morgan fingerprint density at radius 2 is 2.05 bits per heavy atom. The van der Waals surface area contributed by atoms with Crippen molar-refractivity contribution in [2.24, 2.45) is 5.92 Å². The van der Waals surface area contributed by atoms with Gasteiger partial charge in [-0.15, -0.1) is 0 Å². The highest BCUT2D eigenvalue weighted by Crippen LogP contribution is 2.35. The fraction of sp³-hybridized carbons (Fsp3) is 0.429. The minimum absolute atomic E-state index is 0.143.